The Kier molecular flexibility index (Phi) is 3.85. The van der Waals surface area contributed by atoms with Crippen molar-refractivity contribution in [2.45, 2.75) is 13.0 Å². The van der Waals surface area contributed by atoms with Crippen molar-refractivity contribution < 1.29 is 9.64 Å². The number of hydrogen-bond donors (Lipinski definition) is 2. The summed E-state index contributed by atoms with van der Waals surface area (Å²) in [6, 6.07) is 5.69. The summed E-state index contributed by atoms with van der Waals surface area (Å²) in [6.07, 6.45) is 2.59. The fourth-order valence-electron chi connectivity index (χ4n) is 2.66. The normalized spacial score (nSPS) is 11.6. The van der Waals surface area contributed by atoms with Gasteiger partial charge in [-0.2, -0.15) is 0 Å². The molecule has 3 rings (SSSR count). The fourth-order valence-corrected chi connectivity index (χ4v) is 2.66. The highest BCUT2D eigenvalue weighted by Crippen LogP contribution is 2.25. The zero-order valence-electron chi connectivity index (χ0n) is 13.1. The molecule has 2 N–H and O–H groups in total. The van der Waals surface area contributed by atoms with Crippen molar-refractivity contribution in [3.8, 4) is 5.75 Å². The molecule has 0 saturated heterocycles. The van der Waals surface area contributed by atoms with E-state index in [1.807, 2.05) is 18.2 Å². The number of hydrogen-bond acceptors (Lipinski definition) is 3. The second-order valence-electron chi connectivity index (χ2n) is 5.81. The lowest BCUT2D eigenvalue weighted by molar-refractivity contribution is -0.858. The van der Waals surface area contributed by atoms with Crippen LogP contribution in [0.4, 0.5) is 0 Å². The molecule has 3 aromatic rings. The van der Waals surface area contributed by atoms with E-state index in [2.05, 4.69) is 24.1 Å². The third-order valence-corrected chi connectivity index (χ3v) is 3.86. The Hall–Kier alpha value is -2.34. The van der Waals surface area contributed by atoms with E-state index in [9.17, 15) is 4.79 Å². The molecule has 0 unspecified atom stereocenters. The number of aryl methyl sites for hydroxylation is 1. The van der Waals surface area contributed by atoms with Gasteiger partial charge in [-0.3, -0.25) is 9.36 Å². The van der Waals surface area contributed by atoms with Crippen molar-refractivity contribution in [1.29, 1.82) is 0 Å². The second kappa shape index (κ2) is 5.81. The molecular formula is C16H21N4O2+. The van der Waals surface area contributed by atoms with Crippen LogP contribution in [-0.2, 0) is 6.54 Å². The summed E-state index contributed by atoms with van der Waals surface area (Å²) in [5.41, 5.74) is 2.13. The summed E-state index contributed by atoms with van der Waals surface area (Å²) < 4.78 is 6.90. The summed E-state index contributed by atoms with van der Waals surface area (Å²) in [7, 11) is 5.84. The molecule has 0 aliphatic heterocycles. The van der Waals surface area contributed by atoms with Crippen LogP contribution in [0.5, 0.6) is 5.75 Å². The van der Waals surface area contributed by atoms with Crippen LogP contribution in [0.15, 0.2) is 29.3 Å². The molecule has 116 valence electrons. The van der Waals surface area contributed by atoms with Gasteiger partial charge in [-0.1, -0.05) is 0 Å². The summed E-state index contributed by atoms with van der Waals surface area (Å²) in [5.74, 6) is 0.758. The third kappa shape index (κ3) is 2.57. The van der Waals surface area contributed by atoms with E-state index >= 15 is 0 Å². The van der Waals surface area contributed by atoms with Crippen LogP contribution in [0.2, 0.25) is 0 Å². The smallest absolute Gasteiger partial charge is 0.277 e. The molecule has 1 aromatic carbocycles. The van der Waals surface area contributed by atoms with E-state index in [1.165, 1.54) is 4.90 Å². The Balaban J connectivity index is 2.03. The van der Waals surface area contributed by atoms with Gasteiger partial charge in [-0.05, 0) is 12.1 Å². The Labute approximate surface area is 128 Å². The molecule has 0 fully saturated rings. The molecule has 0 aliphatic rings. The molecule has 0 bridgehead atoms. The first-order valence-electron chi connectivity index (χ1n) is 7.44. The predicted octanol–water partition coefficient (Wildman–Crippen LogP) is 0.421. The van der Waals surface area contributed by atoms with Crippen LogP contribution in [0.1, 0.15) is 6.42 Å². The quantitative estimate of drug-likeness (QED) is 0.718. The minimum Gasteiger partial charge on any atom is -0.497 e. The average Bonchev–Trinajstić information content (AvgIpc) is 2.87. The zero-order valence-corrected chi connectivity index (χ0v) is 13.1. The van der Waals surface area contributed by atoms with Crippen molar-refractivity contribution in [1.82, 2.24) is 14.5 Å². The van der Waals surface area contributed by atoms with Crippen LogP contribution >= 0.6 is 0 Å². The fraction of sp³-hybridized carbons (Fsp3) is 0.375. The highest BCUT2D eigenvalue weighted by Gasteiger charge is 2.11. The Morgan fingerprint density at radius 3 is 2.91 bits per heavy atom. The molecule has 6 heteroatoms. The zero-order chi connectivity index (χ0) is 15.7. The van der Waals surface area contributed by atoms with Gasteiger partial charge >= 0.3 is 0 Å². The molecule has 0 saturated carbocycles. The maximum atomic E-state index is 12.6. The first kappa shape index (κ1) is 14.6. The molecule has 0 atom stereocenters. The molecule has 6 nitrogen and oxygen atoms in total. The van der Waals surface area contributed by atoms with E-state index in [4.69, 9.17) is 4.74 Å². The molecule has 0 radical (unpaired) electrons. The molecular weight excluding hydrogens is 280 g/mol. The predicted molar refractivity (Wildman–Crippen MR) is 86.7 cm³/mol. The summed E-state index contributed by atoms with van der Waals surface area (Å²) in [6.45, 7) is 1.71. The maximum Gasteiger partial charge on any atom is 0.277 e. The molecule has 0 spiro atoms. The highest BCUT2D eigenvalue weighted by atomic mass is 16.5. The van der Waals surface area contributed by atoms with E-state index in [0.717, 1.165) is 35.1 Å². The minimum atomic E-state index is -0.0195. The number of benzene rings is 1. The van der Waals surface area contributed by atoms with Crippen LogP contribution in [0.3, 0.4) is 0 Å². The molecule has 0 amide bonds. The Morgan fingerprint density at radius 2 is 2.18 bits per heavy atom. The SMILES string of the molecule is COc1ccc2c(c1)[nH]c1c(=O)n(CCC[NH+](C)C)cnc12. The lowest BCUT2D eigenvalue weighted by Crippen LogP contribution is -3.05. The van der Waals surface area contributed by atoms with Gasteiger partial charge in [0.1, 0.15) is 16.8 Å². The lowest BCUT2D eigenvalue weighted by Gasteiger charge is -2.08. The standard InChI is InChI=1S/C16H20N4O2/c1-19(2)7-4-8-20-10-17-14-12-6-5-11(22-3)9-13(12)18-15(14)16(20)21/h5-6,9-10,18H,4,7-8H2,1-3H3/p+1. The Morgan fingerprint density at radius 1 is 1.36 bits per heavy atom. The first-order valence-corrected chi connectivity index (χ1v) is 7.44. The molecule has 22 heavy (non-hydrogen) atoms. The average molecular weight is 301 g/mol. The van der Waals surface area contributed by atoms with Crippen LogP contribution in [0, 0.1) is 0 Å². The number of aromatic amines is 1. The van der Waals surface area contributed by atoms with E-state index < -0.39 is 0 Å². The molecule has 0 aliphatic carbocycles. The van der Waals surface area contributed by atoms with Gasteiger partial charge in [0.05, 0.1) is 39.6 Å². The number of aromatic nitrogens is 3. The number of ether oxygens (including phenoxy) is 1. The van der Waals surface area contributed by atoms with Crippen LogP contribution in [-0.4, -0.2) is 42.3 Å². The number of nitrogens with zero attached hydrogens (tertiary/aromatic N) is 2. The largest absolute Gasteiger partial charge is 0.497 e. The van der Waals surface area contributed by atoms with Gasteiger partial charge in [-0.15, -0.1) is 0 Å². The van der Waals surface area contributed by atoms with Crippen molar-refractivity contribution in [2.75, 3.05) is 27.7 Å². The summed E-state index contributed by atoms with van der Waals surface area (Å²) in [5, 5.41) is 0.942. The summed E-state index contributed by atoms with van der Waals surface area (Å²) >= 11 is 0. The summed E-state index contributed by atoms with van der Waals surface area (Å²) in [4.78, 5) is 21.6. The van der Waals surface area contributed by atoms with Gasteiger partial charge in [-0.25, -0.2) is 4.98 Å². The van der Waals surface area contributed by atoms with Crippen LogP contribution < -0.4 is 15.2 Å². The van der Waals surface area contributed by atoms with Gasteiger partial charge in [0.15, 0.2) is 0 Å². The van der Waals surface area contributed by atoms with Gasteiger partial charge < -0.3 is 14.6 Å². The minimum absolute atomic E-state index is 0.0195. The lowest BCUT2D eigenvalue weighted by atomic mass is 10.2. The van der Waals surface area contributed by atoms with Gasteiger partial charge in [0, 0.05) is 24.4 Å². The number of quaternary nitrogens is 1. The number of methoxy groups -OCH3 is 1. The first-order chi connectivity index (χ1) is 10.6. The molecule has 2 heterocycles. The van der Waals surface area contributed by atoms with Crippen LogP contribution in [0.25, 0.3) is 21.9 Å². The monoisotopic (exact) mass is 301 g/mol. The van der Waals surface area contributed by atoms with Crippen molar-refractivity contribution in [3.63, 3.8) is 0 Å². The number of H-pyrrole nitrogens is 1. The number of nitrogens with one attached hydrogen (secondary N) is 2. The number of rotatable bonds is 5. The van der Waals surface area contributed by atoms with Crippen molar-refractivity contribution >= 4 is 21.9 Å². The molecule has 2 aromatic heterocycles. The topological polar surface area (TPSA) is 64.3 Å². The number of fused-ring (bicyclic) bond motifs is 3. The highest BCUT2D eigenvalue weighted by molar-refractivity contribution is 6.04. The Bertz CT molecular complexity index is 864. The van der Waals surface area contributed by atoms with Gasteiger partial charge in [0.25, 0.3) is 5.56 Å². The van der Waals surface area contributed by atoms with E-state index in [1.54, 1.807) is 18.0 Å². The maximum absolute atomic E-state index is 12.6. The van der Waals surface area contributed by atoms with Crippen molar-refractivity contribution in [3.05, 3.63) is 34.9 Å². The van der Waals surface area contributed by atoms with E-state index in [0.29, 0.717) is 12.1 Å². The second-order valence-corrected chi connectivity index (χ2v) is 5.81. The van der Waals surface area contributed by atoms with Gasteiger partial charge in [0.2, 0.25) is 0 Å². The van der Waals surface area contributed by atoms with Crippen molar-refractivity contribution in [2.24, 2.45) is 0 Å². The third-order valence-electron chi connectivity index (χ3n) is 3.86. The van der Waals surface area contributed by atoms with E-state index in [-0.39, 0.29) is 5.56 Å².